The Kier molecular flexibility index (Phi) is 2.68. The van der Waals surface area contributed by atoms with Crippen molar-refractivity contribution in [3.63, 3.8) is 0 Å². The highest BCUT2D eigenvalue weighted by Gasteiger charge is 2.58. The van der Waals surface area contributed by atoms with E-state index in [2.05, 4.69) is 11.4 Å². The Labute approximate surface area is 94.4 Å². The molecular formula is C11H15N3O2. The van der Waals surface area contributed by atoms with Crippen LogP contribution in [0, 0.1) is 23.2 Å². The average molecular weight is 221 g/mol. The van der Waals surface area contributed by atoms with Gasteiger partial charge in [-0.05, 0) is 20.3 Å². The van der Waals surface area contributed by atoms with Crippen LogP contribution in [0.4, 0.5) is 0 Å². The summed E-state index contributed by atoms with van der Waals surface area (Å²) in [5.41, 5.74) is 0. The maximum Gasteiger partial charge on any atom is 0.233 e. The van der Waals surface area contributed by atoms with E-state index < -0.39 is 6.04 Å². The molecule has 2 aliphatic rings. The molecule has 1 aliphatic heterocycles. The SMILES string of the molecule is CC(C)NC(C#N)CN1C(=O)C2CC2C1=O. The van der Waals surface area contributed by atoms with Crippen LogP contribution in [0.3, 0.4) is 0 Å². The number of hydrogen-bond donors (Lipinski definition) is 1. The van der Waals surface area contributed by atoms with Gasteiger partial charge in [-0.3, -0.25) is 19.8 Å². The van der Waals surface area contributed by atoms with Crippen LogP contribution >= 0.6 is 0 Å². The molecule has 3 unspecified atom stereocenters. The molecule has 5 heteroatoms. The second kappa shape index (κ2) is 3.87. The highest BCUT2D eigenvalue weighted by Crippen LogP contribution is 2.46. The Balaban J connectivity index is 1.96. The molecule has 0 aromatic heterocycles. The van der Waals surface area contributed by atoms with Gasteiger partial charge in [0.15, 0.2) is 0 Å². The Hall–Kier alpha value is -1.41. The zero-order valence-corrected chi connectivity index (χ0v) is 9.43. The number of imide groups is 1. The van der Waals surface area contributed by atoms with Gasteiger partial charge in [-0.1, -0.05) is 0 Å². The molecule has 16 heavy (non-hydrogen) atoms. The third-order valence-corrected chi connectivity index (χ3v) is 3.01. The first-order valence-corrected chi connectivity index (χ1v) is 5.55. The predicted molar refractivity (Wildman–Crippen MR) is 56.0 cm³/mol. The number of fused-ring (bicyclic) bond motifs is 1. The molecule has 1 saturated carbocycles. The maximum atomic E-state index is 11.7. The van der Waals surface area contributed by atoms with Crippen molar-refractivity contribution in [1.29, 1.82) is 5.26 Å². The number of piperidine rings is 1. The fourth-order valence-corrected chi connectivity index (χ4v) is 2.15. The van der Waals surface area contributed by atoms with Gasteiger partial charge >= 0.3 is 0 Å². The van der Waals surface area contributed by atoms with E-state index in [0.717, 1.165) is 0 Å². The minimum absolute atomic E-state index is 0.0779. The molecule has 3 atom stereocenters. The van der Waals surface area contributed by atoms with E-state index in [4.69, 9.17) is 5.26 Å². The molecule has 86 valence electrons. The third-order valence-electron chi connectivity index (χ3n) is 3.01. The fourth-order valence-electron chi connectivity index (χ4n) is 2.15. The van der Waals surface area contributed by atoms with Crippen LogP contribution in [0.15, 0.2) is 0 Å². The van der Waals surface area contributed by atoms with Crippen molar-refractivity contribution < 1.29 is 9.59 Å². The molecule has 0 bridgehead atoms. The highest BCUT2D eigenvalue weighted by molar-refractivity contribution is 6.08. The molecule has 1 aliphatic carbocycles. The topological polar surface area (TPSA) is 73.2 Å². The Bertz CT molecular complexity index is 352. The van der Waals surface area contributed by atoms with E-state index in [1.54, 1.807) is 0 Å². The highest BCUT2D eigenvalue weighted by atomic mass is 16.2. The van der Waals surface area contributed by atoms with Crippen molar-refractivity contribution in [3.8, 4) is 6.07 Å². The lowest BCUT2D eigenvalue weighted by Gasteiger charge is -2.21. The molecule has 0 radical (unpaired) electrons. The number of amides is 2. The second-order valence-corrected chi connectivity index (χ2v) is 4.74. The first kappa shape index (κ1) is 11.1. The van der Waals surface area contributed by atoms with E-state index in [1.165, 1.54) is 4.90 Å². The zero-order valence-electron chi connectivity index (χ0n) is 9.43. The summed E-state index contributed by atoms with van der Waals surface area (Å²) in [4.78, 5) is 24.6. The maximum absolute atomic E-state index is 11.7. The second-order valence-electron chi connectivity index (χ2n) is 4.74. The molecular weight excluding hydrogens is 206 g/mol. The molecule has 1 N–H and O–H groups in total. The first-order chi connectivity index (χ1) is 7.54. The van der Waals surface area contributed by atoms with E-state index in [9.17, 15) is 9.59 Å². The van der Waals surface area contributed by atoms with Crippen molar-refractivity contribution in [3.05, 3.63) is 0 Å². The molecule has 1 heterocycles. The monoisotopic (exact) mass is 221 g/mol. The molecule has 2 fully saturated rings. The minimum Gasteiger partial charge on any atom is -0.298 e. The largest absolute Gasteiger partial charge is 0.298 e. The van der Waals surface area contributed by atoms with Gasteiger partial charge in [-0.2, -0.15) is 5.26 Å². The van der Waals surface area contributed by atoms with Crippen LogP contribution in [0.5, 0.6) is 0 Å². The van der Waals surface area contributed by atoms with Gasteiger partial charge < -0.3 is 0 Å². The van der Waals surface area contributed by atoms with Gasteiger partial charge in [-0.15, -0.1) is 0 Å². The lowest BCUT2D eigenvalue weighted by molar-refractivity contribution is -0.141. The third kappa shape index (κ3) is 1.81. The van der Waals surface area contributed by atoms with E-state index in [1.807, 2.05) is 13.8 Å². The summed E-state index contributed by atoms with van der Waals surface area (Å²) in [7, 11) is 0. The fraction of sp³-hybridized carbons (Fsp3) is 0.727. The smallest absolute Gasteiger partial charge is 0.233 e. The number of likely N-dealkylation sites (tertiary alicyclic amines) is 1. The molecule has 2 amide bonds. The number of hydrogen-bond acceptors (Lipinski definition) is 4. The summed E-state index contributed by atoms with van der Waals surface area (Å²) in [5.74, 6) is -0.349. The van der Waals surface area contributed by atoms with Crippen LogP contribution in [0.1, 0.15) is 20.3 Å². The van der Waals surface area contributed by atoms with Crippen LogP contribution < -0.4 is 5.32 Å². The summed E-state index contributed by atoms with van der Waals surface area (Å²) >= 11 is 0. The summed E-state index contributed by atoms with van der Waals surface area (Å²) in [6, 6.07) is 1.77. The Morgan fingerprint density at radius 3 is 2.44 bits per heavy atom. The van der Waals surface area contributed by atoms with Crippen LogP contribution in [-0.4, -0.2) is 35.3 Å². The normalized spacial score (nSPS) is 29.2. The van der Waals surface area contributed by atoms with Gasteiger partial charge in [0.05, 0.1) is 24.4 Å². The number of nitrogens with zero attached hydrogens (tertiary/aromatic N) is 2. The predicted octanol–water partition coefficient (Wildman–Crippen LogP) is -0.119. The van der Waals surface area contributed by atoms with Gasteiger partial charge in [0.25, 0.3) is 0 Å². The number of nitrogens with one attached hydrogen (secondary N) is 1. The van der Waals surface area contributed by atoms with Crippen LogP contribution in [-0.2, 0) is 9.59 Å². The van der Waals surface area contributed by atoms with Gasteiger partial charge in [0, 0.05) is 6.04 Å². The lowest BCUT2D eigenvalue weighted by atomic mass is 10.2. The summed E-state index contributed by atoms with van der Waals surface area (Å²) in [6.45, 7) is 4.03. The number of carbonyl (C=O) groups is 2. The summed E-state index contributed by atoms with van der Waals surface area (Å²) in [5, 5.41) is 11.9. The van der Waals surface area contributed by atoms with Crippen LogP contribution in [0.2, 0.25) is 0 Å². The lowest BCUT2D eigenvalue weighted by Crippen LogP contribution is -2.46. The molecule has 5 nitrogen and oxygen atoms in total. The van der Waals surface area contributed by atoms with E-state index in [0.29, 0.717) is 6.42 Å². The molecule has 0 spiro atoms. The number of carbonyl (C=O) groups excluding carboxylic acids is 2. The molecule has 0 aromatic carbocycles. The van der Waals surface area contributed by atoms with Gasteiger partial charge in [0.1, 0.15) is 6.04 Å². The van der Waals surface area contributed by atoms with Crippen molar-refractivity contribution >= 4 is 11.8 Å². The molecule has 0 aromatic rings. The first-order valence-electron chi connectivity index (χ1n) is 5.55. The van der Waals surface area contributed by atoms with E-state index in [-0.39, 0.29) is 36.2 Å². The zero-order chi connectivity index (χ0) is 11.9. The quantitative estimate of drug-likeness (QED) is 0.672. The van der Waals surface area contributed by atoms with Crippen molar-refractivity contribution in [2.24, 2.45) is 11.8 Å². The Morgan fingerprint density at radius 1 is 1.44 bits per heavy atom. The van der Waals surface area contributed by atoms with E-state index >= 15 is 0 Å². The molecule has 2 rings (SSSR count). The van der Waals surface area contributed by atoms with Gasteiger partial charge in [0.2, 0.25) is 11.8 Å². The molecule has 1 saturated heterocycles. The van der Waals surface area contributed by atoms with Crippen molar-refractivity contribution in [2.75, 3.05) is 6.54 Å². The van der Waals surface area contributed by atoms with Crippen molar-refractivity contribution in [2.45, 2.75) is 32.4 Å². The standard InChI is InChI=1S/C11H15N3O2/c1-6(2)13-7(4-12)5-14-10(15)8-3-9(8)11(14)16/h6-9,13H,3,5H2,1-2H3. The number of nitriles is 1. The summed E-state index contributed by atoms with van der Waals surface area (Å²) in [6.07, 6.45) is 0.711. The van der Waals surface area contributed by atoms with Crippen molar-refractivity contribution in [1.82, 2.24) is 10.2 Å². The summed E-state index contributed by atoms with van der Waals surface area (Å²) < 4.78 is 0. The number of rotatable bonds is 4. The Morgan fingerprint density at radius 2 is 2.00 bits per heavy atom. The van der Waals surface area contributed by atoms with Crippen LogP contribution in [0.25, 0.3) is 0 Å². The average Bonchev–Trinajstić information content (AvgIpc) is 2.97. The minimum atomic E-state index is -0.467. The van der Waals surface area contributed by atoms with Gasteiger partial charge in [-0.25, -0.2) is 0 Å².